The van der Waals surface area contributed by atoms with Crippen molar-refractivity contribution in [3.8, 4) is 0 Å². The van der Waals surface area contributed by atoms with Crippen LogP contribution in [-0.4, -0.2) is 19.1 Å². The van der Waals surface area contributed by atoms with Crippen LogP contribution in [0.2, 0.25) is 0 Å². The lowest BCUT2D eigenvalue weighted by Gasteiger charge is -2.02. The Balaban J connectivity index is 2.92. The summed E-state index contributed by atoms with van der Waals surface area (Å²) in [6.07, 6.45) is 1.99. The van der Waals surface area contributed by atoms with Gasteiger partial charge in [-0.15, -0.1) is 0 Å². The van der Waals surface area contributed by atoms with Gasteiger partial charge in [0.25, 0.3) is 0 Å². The van der Waals surface area contributed by atoms with Crippen LogP contribution >= 0.6 is 0 Å². The maximum atomic E-state index is 5.28. The van der Waals surface area contributed by atoms with Gasteiger partial charge in [-0.3, -0.25) is 0 Å². The molecule has 50 valence electrons. The van der Waals surface area contributed by atoms with Gasteiger partial charge in [0.2, 0.25) is 0 Å². The average molecular weight is 118 g/mol. The van der Waals surface area contributed by atoms with Gasteiger partial charge >= 0.3 is 0 Å². The molecule has 0 bridgehead atoms. The van der Waals surface area contributed by atoms with Crippen molar-refractivity contribution < 1.29 is 5.73 Å². The first-order valence-corrected chi connectivity index (χ1v) is 3.04. The van der Waals surface area contributed by atoms with Gasteiger partial charge in [-0.25, -0.2) is 0 Å². The summed E-state index contributed by atoms with van der Waals surface area (Å²) in [7, 11) is 0. The van der Waals surface area contributed by atoms with Crippen molar-refractivity contribution in [2.24, 2.45) is 11.5 Å². The predicted octanol–water partition coefficient (Wildman–Crippen LogP) is -1.71. The molecule has 0 amide bonds. The zero-order valence-corrected chi connectivity index (χ0v) is 5.27. The monoisotopic (exact) mass is 118 g/mol. The number of quaternary nitrogens is 1. The van der Waals surface area contributed by atoms with E-state index >= 15 is 0 Å². The van der Waals surface area contributed by atoms with Gasteiger partial charge in [0.15, 0.2) is 0 Å². The maximum Gasteiger partial charge on any atom is 0.0868 e. The summed E-state index contributed by atoms with van der Waals surface area (Å²) in [6, 6.07) is 0.463. The minimum Gasteiger partial charge on any atom is -0.355 e. The summed E-state index contributed by atoms with van der Waals surface area (Å²) in [5, 5.41) is 0. The molecule has 7 N–H and O–H groups in total. The highest BCUT2D eigenvalue weighted by atomic mass is 14.7. The van der Waals surface area contributed by atoms with Crippen LogP contribution in [0.1, 0.15) is 12.8 Å². The third-order valence-corrected chi connectivity index (χ3v) is 1.15. The third kappa shape index (κ3) is 4.05. The molecule has 0 atom stereocenters. The lowest BCUT2D eigenvalue weighted by Crippen LogP contribution is -2.62. The van der Waals surface area contributed by atoms with Gasteiger partial charge in [0.1, 0.15) is 0 Å². The zero-order valence-electron chi connectivity index (χ0n) is 5.27. The molecule has 0 aromatic carbocycles. The van der Waals surface area contributed by atoms with E-state index in [-0.39, 0.29) is 0 Å². The topological polar surface area (TPSA) is 79.7 Å². The van der Waals surface area contributed by atoms with Crippen LogP contribution in [0, 0.1) is 0 Å². The molecule has 0 aliphatic rings. The Morgan fingerprint density at radius 2 is 1.50 bits per heavy atom. The third-order valence-electron chi connectivity index (χ3n) is 1.15. The molecule has 3 nitrogen and oxygen atoms in total. The number of rotatable bonds is 4. The summed E-state index contributed by atoms with van der Waals surface area (Å²) in [6.45, 7) is 1.46. The SMILES string of the molecule is NCCC([NH3+])CCN. The summed E-state index contributed by atoms with van der Waals surface area (Å²) in [5.74, 6) is 0. The van der Waals surface area contributed by atoms with Crippen molar-refractivity contribution in [2.75, 3.05) is 13.1 Å². The van der Waals surface area contributed by atoms with Crippen LogP contribution in [0.15, 0.2) is 0 Å². The van der Waals surface area contributed by atoms with Crippen molar-refractivity contribution in [1.82, 2.24) is 0 Å². The van der Waals surface area contributed by atoms with E-state index < -0.39 is 0 Å². The van der Waals surface area contributed by atoms with Gasteiger partial charge in [-0.2, -0.15) is 0 Å². The highest BCUT2D eigenvalue weighted by Gasteiger charge is 2.00. The van der Waals surface area contributed by atoms with Crippen molar-refractivity contribution >= 4 is 0 Å². The molecule has 8 heavy (non-hydrogen) atoms. The lowest BCUT2D eigenvalue weighted by molar-refractivity contribution is -0.421. The molecule has 0 aliphatic carbocycles. The van der Waals surface area contributed by atoms with Crippen molar-refractivity contribution in [1.29, 1.82) is 0 Å². The fourth-order valence-corrected chi connectivity index (χ4v) is 0.616. The van der Waals surface area contributed by atoms with E-state index in [0.29, 0.717) is 6.04 Å². The number of hydrogen-bond donors (Lipinski definition) is 3. The fraction of sp³-hybridized carbons (Fsp3) is 1.00. The molecule has 3 heteroatoms. The van der Waals surface area contributed by atoms with E-state index in [1.807, 2.05) is 0 Å². The first-order valence-electron chi connectivity index (χ1n) is 3.04. The zero-order chi connectivity index (χ0) is 6.41. The molecule has 0 heterocycles. The van der Waals surface area contributed by atoms with Gasteiger partial charge in [0.05, 0.1) is 6.04 Å². The average Bonchev–Trinajstić information content (AvgIpc) is 1.68. The molecule has 0 radical (unpaired) electrons. The quantitative estimate of drug-likeness (QED) is 0.411. The van der Waals surface area contributed by atoms with Crippen LogP contribution < -0.4 is 17.2 Å². The number of hydrogen-bond acceptors (Lipinski definition) is 2. The fourth-order valence-electron chi connectivity index (χ4n) is 0.616. The van der Waals surface area contributed by atoms with E-state index in [9.17, 15) is 0 Å². The molecular weight excluding hydrogens is 102 g/mol. The Morgan fingerprint density at radius 1 is 1.12 bits per heavy atom. The van der Waals surface area contributed by atoms with Crippen molar-refractivity contribution in [2.45, 2.75) is 18.9 Å². The summed E-state index contributed by atoms with van der Waals surface area (Å²) in [5.41, 5.74) is 14.4. The van der Waals surface area contributed by atoms with E-state index in [1.165, 1.54) is 0 Å². The van der Waals surface area contributed by atoms with E-state index in [0.717, 1.165) is 25.9 Å². The Hall–Kier alpha value is -0.120. The second-order valence-electron chi connectivity index (χ2n) is 2.02. The summed E-state index contributed by atoms with van der Waals surface area (Å²) >= 11 is 0. The molecule has 0 aromatic heterocycles. The molecule has 0 rings (SSSR count). The standard InChI is InChI=1S/C5H15N3/c6-3-1-5(8)2-4-7/h5H,1-4,6-8H2/p+1. The van der Waals surface area contributed by atoms with Crippen LogP contribution in [0.5, 0.6) is 0 Å². The van der Waals surface area contributed by atoms with Gasteiger partial charge < -0.3 is 17.2 Å². The molecular formula is C5H16N3+. The van der Waals surface area contributed by atoms with Gasteiger partial charge in [0, 0.05) is 12.8 Å². The molecule has 0 fully saturated rings. The predicted molar refractivity (Wildman–Crippen MR) is 34.0 cm³/mol. The Bertz CT molecular complexity index is 40.9. The Morgan fingerprint density at radius 3 is 1.75 bits per heavy atom. The van der Waals surface area contributed by atoms with Crippen molar-refractivity contribution in [3.63, 3.8) is 0 Å². The summed E-state index contributed by atoms with van der Waals surface area (Å²) < 4.78 is 0. The minimum absolute atomic E-state index is 0.463. The highest BCUT2D eigenvalue weighted by molar-refractivity contribution is 4.53. The molecule has 0 spiro atoms. The first kappa shape index (κ1) is 7.88. The second-order valence-corrected chi connectivity index (χ2v) is 2.02. The molecule has 0 aromatic rings. The molecule has 0 saturated carbocycles. The van der Waals surface area contributed by atoms with Gasteiger partial charge in [-0.1, -0.05) is 0 Å². The summed E-state index contributed by atoms with van der Waals surface area (Å²) in [4.78, 5) is 0. The molecule has 0 saturated heterocycles. The normalized spacial score (nSPS) is 10.5. The van der Waals surface area contributed by atoms with E-state index in [1.54, 1.807) is 0 Å². The van der Waals surface area contributed by atoms with E-state index in [4.69, 9.17) is 11.5 Å². The number of nitrogens with two attached hydrogens (primary N) is 2. The van der Waals surface area contributed by atoms with Crippen LogP contribution in [0.4, 0.5) is 0 Å². The Labute approximate surface area is 50.2 Å². The highest BCUT2D eigenvalue weighted by Crippen LogP contribution is 1.85. The Kier molecular flexibility index (Phi) is 4.95. The van der Waals surface area contributed by atoms with Gasteiger partial charge in [-0.05, 0) is 13.1 Å². The van der Waals surface area contributed by atoms with Crippen LogP contribution in [0.25, 0.3) is 0 Å². The maximum absolute atomic E-state index is 5.28. The molecule has 0 unspecified atom stereocenters. The first-order chi connectivity index (χ1) is 3.81. The van der Waals surface area contributed by atoms with Crippen molar-refractivity contribution in [3.05, 3.63) is 0 Å². The van der Waals surface area contributed by atoms with Crippen LogP contribution in [0.3, 0.4) is 0 Å². The lowest BCUT2D eigenvalue weighted by atomic mass is 10.1. The smallest absolute Gasteiger partial charge is 0.0868 e. The largest absolute Gasteiger partial charge is 0.355 e. The second kappa shape index (κ2) is 5.03. The molecule has 0 aliphatic heterocycles. The van der Waals surface area contributed by atoms with Crippen LogP contribution in [-0.2, 0) is 0 Å². The minimum atomic E-state index is 0.463. The van der Waals surface area contributed by atoms with E-state index in [2.05, 4.69) is 5.73 Å².